The number of likely N-dealkylation sites (N-methyl/N-ethyl adjacent to an activating group) is 1. The fourth-order valence-corrected chi connectivity index (χ4v) is 6.80. The van der Waals surface area contributed by atoms with E-state index < -0.39 is 6.04 Å². The molecule has 1 aromatic carbocycles. The fraction of sp³-hybridized carbons (Fsp3) is 0.625. The van der Waals surface area contributed by atoms with Gasteiger partial charge in [-0.25, -0.2) is 0 Å². The second-order valence-electron chi connectivity index (χ2n) is 12.8. The van der Waals surface area contributed by atoms with Gasteiger partial charge >= 0.3 is 0 Å². The maximum atomic E-state index is 13.8. The quantitative estimate of drug-likeness (QED) is 0.294. The van der Waals surface area contributed by atoms with E-state index >= 15 is 0 Å². The predicted octanol–water partition coefficient (Wildman–Crippen LogP) is 4.13. The second kappa shape index (κ2) is 11.6. The van der Waals surface area contributed by atoms with E-state index in [9.17, 15) is 14.4 Å². The molecule has 41 heavy (non-hydrogen) atoms. The molecular formula is C32H44N6O3. The van der Waals surface area contributed by atoms with E-state index in [2.05, 4.69) is 26.4 Å². The van der Waals surface area contributed by atoms with Crippen LogP contribution in [-0.4, -0.2) is 46.1 Å². The number of aryl methyl sites for hydroxylation is 1. The standard InChI is InChI=1S/C32H44N6O3/c1-4-33-28(21-9-10-21)31(40)36-25-14-11-22-17-23(12-13-24(22)25)35-32(41)29(27(19-5-6-19)20-7-8-20)37-30(39)26-15-16-34-38(26)18(2)3/h12-13,15-21,25,27-29,33H,4-11,14H2,1-3H3,(H,35,41)(H,36,40)(H,37,39)/t25-,28-,29+/m1/s1. The van der Waals surface area contributed by atoms with Crippen molar-refractivity contribution in [3.05, 3.63) is 47.3 Å². The molecule has 0 spiro atoms. The summed E-state index contributed by atoms with van der Waals surface area (Å²) in [6.07, 6.45) is 10.0. The van der Waals surface area contributed by atoms with Gasteiger partial charge in [0.2, 0.25) is 11.8 Å². The Balaban J connectivity index is 1.16. The average Bonchev–Trinajstić information content (AvgIpc) is 3.86. The van der Waals surface area contributed by atoms with Crippen molar-refractivity contribution in [2.75, 3.05) is 11.9 Å². The zero-order valence-electron chi connectivity index (χ0n) is 24.5. The molecule has 6 rings (SSSR count). The normalized spacial score (nSPS) is 21.4. The van der Waals surface area contributed by atoms with Crippen LogP contribution in [0.5, 0.6) is 0 Å². The summed E-state index contributed by atoms with van der Waals surface area (Å²) in [7, 11) is 0. The lowest BCUT2D eigenvalue weighted by atomic mass is 9.88. The Morgan fingerprint density at radius 1 is 0.951 bits per heavy atom. The van der Waals surface area contributed by atoms with Gasteiger partial charge in [-0.05, 0) is 125 Å². The SMILES string of the molecule is CCN[C@@H](C(=O)N[C@@H]1CCc2cc(NC(=O)[C@@H](NC(=O)c3ccnn3C(C)C)C(C3CC3)C3CC3)ccc21)C1CC1. The van der Waals surface area contributed by atoms with Crippen LogP contribution in [0.1, 0.15) is 99.4 Å². The number of benzene rings is 1. The number of rotatable bonds is 13. The van der Waals surface area contributed by atoms with Gasteiger partial charge in [0.25, 0.3) is 5.91 Å². The Bertz CT molecular complexity index is 1280. The van der Waals surface area contributed by atoms with Crippen LogP contribution >= 0.6 is 0 Å². The van der Waals surface area contributed by atoms with Gasteiger partial charge in [-0.1, -0.05) is 13.0 Å². The van der Waals surface area contributed by atoms with Gasteiger partial charge < -0.3 is 21.3 Å². The highest BCUT2D eigenvalue weighted by atomic mass is 16.2. The summed E-state index contributed by atoms with van der Waals surface area (Å²) in [6.45, 7) is 6.80. The third-order valence-corrected chi connectivity index (χ3v) is 9.28. The molecule has 3 amide bonds. The van der Waals surface area contributed by atoms with E-state index in [1.165, 1.54) is 0 Å². The molecule has 3 atom stereocenters. The van der Waals surface area contributed by atoms with Gasteiger partial charge in [-0.15, -0.1) is 0 Å². The molecule has 4 aliphatic carbocycles. The molecule has 3 fully saturated rings. The lowest BCUT2D eigenvalue weighted by molar-refractivity contribution is -0.124. The summed E-state index contributed by atoms with van der Waals surface area (Å²) in [4.78, 5) is 40.3. The summed E-state index contributed by atoms with van der Waals surface area (Å²) in [5.74, 6) is 1.26. The second-order valence-corrected chi connectivity index (χ2v) is 12.8. The van der Waals surface area contributed by atoms with Gasteiger partial charge in [0, 0.05) is 17.9 Å². The molecule has 0 unspecified atom stereocenters. The van der Waals surface area contributed by atoms with Crippen molar-refractivity contribution >= 4 is 23.4 Å². The van der Waals surface area contributed by atoms with Crippen LogP contribution in [0.2, 0.25) is 0 Å². The minimum atomic E-state index is -0.594. The minimum Gasteiger partial charge on any atom is -0.348 e. The fourth-order valence-electron chi connectivity index (χ4n) is 6.80. The maximum Gasteiger partial charge on any atom is 0.270 e. The maximum absolute atomic E-state index is 13.8. The van der Waals surface area contributed by atoms with Crippen LogP contribution in [-0.2, 0) is 16.0 Å². The van der Waals surface area contributed by atoms with Gasteiger partial charge in [-0.2, -0.15) is 5.10 Å². The molecule has 1 heterocycles. The molecular weight excluding hydrogens is 516 g/mol. The van der Waals surface area contributed by atoms with Crippen molar-refractivity contribution in [1.29, 1.82) is 0 Å². The van der Waals surface area contributed by atoms with Gasteiger partial charge in [-0.3, -0.25) is 19.1 Å². The van der Waals surface area contributed by atoms with Gasteiger partial charge in [0.05, 0.1) is 12.1 Å². The number of nitrogens with zero attached hydrogens (tertiary/aromatic N) is 2. The molecule has 9 nitrogen and oxygen atoms in total. The third-order valence-electron chi connectivity index (χ3n) is 9.28. The number of hydrogen-bond acceptors (Lipinski definition) is 5. The number of fused-ring (bicyclic) bond motifs is 1. The molecule has 4 N–H and O–H groups in total. The third kappa shape index (κ3) is 6.20. The number of carbonyl (C=O) groups is 3. The van der Waals surface area contributed by atoms with E-state index in [0.29, 0.717) is 23.4 Å². The zero-order valence-corrected chi connectivity index (χ0v) is 24.5. The van der Waals surface area contributed by atoms with Crippen LogP contribution in [0.4, 0.5) is 5.69 Å². The molecule has 0 aliphatic heterocycles. The van der Waals surface area contributed by atoms with Gasteiger partial charge in [0.15, 0.2) is 0 Å². The van der Waals surface area contributed by atoms with Crippen molar-refractivity contribution in [2.45, 2.75) is 96.3 Å². The number of aromatic nitrogens is 2. The first-order valence-corrected chi connectivity index (χ1v) is 15.7. The first-order chi connectivity index (χ1) is 19.8. The molecule has 2 aromatic rings. The lowest BCUT2D eigenvalue weighted by Gasteiger charge is -2.28. The van der Waals surface area contributed by atoms with Crippen molar-refractivity contribution in [2.24, 2.45) is 23.7 Å². The summed E-state index contributed by atoms with van der Waals surface area (Å²) in [6, 6.07) is 7.06. The zero-order chi connectivity index (χ0) is 28.7. The monoisotopic (exact) mass is 560 g/mol. The smallest absolute Gasteiger partial charge is 0.270 e. The number of nitrogens with one attached hydrogen (secondary N) is 4. The van der Waals surface area contributed by atoms with Crippen LogP contribution in [0.3, 0.4) is 0 Å². The number of hydrogen-bond donors (Lipinski definition) is 4. The Morgan fingerprint density at radius 3 is 2.29 bits per heavy atom. The van der Waals surface area contributed by atoms with Crippen LogP contribution < -0.4 is 21.3 Å². The Hall–Kier alpha value is -3.20. The highest BCUT2D eigenvalue weighted by Gasteiger charge is 2.48. The first kappa shape index (κ1) is 27.9. The molecule has 4 aliphatic rings. The Labute approximate surface area is 242 Å². The summed E-state index contributed by atoms with van der Waals surface area (Å²) >= 11 is 0. The van der Waals surface area contributed by atoms with Crippen molar-refractivity contribution in [3.8, 4) is 0 Å². The van der Waals surface area contributed by atoms with Gasteiger partial charge in [0.1, 0.15) is 11.7 Å². The van der Waals surface area contributed by atoms with Crippen LogP contribution in [0.25, 0.3) is 0 Å². The predicted molar refractivity (Wildman–Crippen MR) is 157 cm³/mol. The van der Waals surface area contributed by atoms with Crippen LogP contribution in [0.15, 0.2) is 30.5 Å². The molecule has 9 heteroatoms. The largest absolute Gasteiger partial charge is 0.348 e. The van der Waals surface area contributed by atoms with Crippen molar-refractivity contribution in [3.63, 3.8) is 0 Å². The molecule has 0 saturated heterocycles. The average molecular weight is 561 g/mol. The van der Waals surface area contributed by atoms with E-state index in [-0.39, 0.29) is 41.8 Å². The Morgan fingerprint density at radius 2 is 1.66 bits per heavy atom. The van der Waals surface area contributed by atoms with E-state index in [1.54, 1.807) is 16.9 Å². The van der Waals surface area contributed by atoms with Crippen molar-refractivity contribution < 1.29 is 14.4 Å². The van der Waals surface area contributed by atoms with E-state index in [1.807, 2.05) is 39.0 Å². The molecule has 220 valence electrons. The number of anilines is 1. The van der Waals surface area contributed by atoms with E-state index in [4.69, 9.17) is 0 Å². The summed E-state index contributed by atoms with van der Waals surface area (Å²) < 4.78 is 1.70. The highest BCUT2D eigenvalue weighted by molar-refractivity contribution is 6.01. The lowest BCUT2D eigenvalue weighted by Crippen LogP contribution is -2.50. The summed E-state index contributed by atoms with van der Waals surface area (Å²) in [5, 5.41) is 17.2. The Kier molecular flexibility index (Phi) is 7.90. The number of carbonyl (C=O) groups excluding carboxylic acids is 3. The molecule has 1 aromatic heterocycles. The highest BCUT2D eigenvalue weighted by Crippen LogP contribution is 2.51. The molecule has 0 bridgehead atoms. The number of amides is 3. The topological polar surface area (TPSA) is 117 Å². The molecule has 0 radical (unpaired) electrons. The van der Waals surface area contributed by atoms with Crippen LogP contribution in [0, 0.1) is 23.7 Å². The minimum absolute atomic E-state index is 0.00545. The first-order valence-electron chi connectivity index (χ1n) is 15.7. The molecule has 3 saturated carbocycles. The summed E-state index contributed by atoms with van der Waals surface area (Å²) in [5.41, 5.74) is 3.50. The van der Waals surface area contributed by atoms with Crippen molar-refractivity contribution in [1.82, 2.24) is 25.7 Å². The van der Waals surface area contributed by atoms with E-state index in [0.717, 1.165) is 74.7 Å².